The number of nitrogens with two attached hydrogens (primary N) is 1. The number of hydrogen-bond donors (Lipinski definition) is 3. The molecule has 0 aliphatic heterocycles. The maximum absolute atomic E-state index is 12.8. The number of nitrogen functional groups attached to an aromatic ring is 1. The third-order valence-electron chi connectivity index (χ3n) is 4.22. The Morgan fingerprint density at radius 2 is 1.71 bits per heavy atom. The summed E-state index contributed by atoms with van der Waals surface area (Å²) in [6, 6.07) is 3.32. The van der Waals surface area contributed by atoms with E-state index in [0.717, 1.165) is 19.3 Å². The smallest absolute Gasteiger partial charge is 0.241 e. The molecule has 118 valence electrons. The number of nitrogens with one attached hydrogen (secondary N) is 1. The van der Waals surface area contributed by atoms with Gasteiger partial charge in [0, 0.05) is 5.69 Å². The predicted octanol–water partition coefficient (Wildman–Crippen LogP) is 1.86. The number of rotatable bonds is 4. The molecule has 1 aliphatic carbocycles. The lowest BCUT2D eigenvalue weighted by atomic mass is 9.83. The second kappa shape index (κ2) is 5.94. The molecule has 0 unspecified atom stereocenters. The molecule has 1 saturated carbocycles. The number of aliphatic hydroxyl groups is 1. The largest absolute Gasteiger partial charge is 0.399 e. The summed E-state index contributed by atoms with van der Waals surface area (Å²) >= 11 is 0. The predicted molar refractivity (Wildman–Crippen MR) is 83.6 cm³/mol. The fourth-order valence-electron chi connectivity index (χ4n) is 3.26. The van der Waals surface area contributed by atoms with Crippen LogP contribution in [0, 0.1) is 13.8 Å². The van der Waals surface area contributed by atoms with Gasteiger partial charge in [0.25, 0.3) is 0 Å². The Hall–Kier alpha value is -1.11. The van der Waals surface area contributed by atoms with Crippen LogP contribution in [-0.2, 0) is 10.0 Å². The number of anilines is 1. The molecule has 0 amide bonds. The van der Waals surface area contributed by atoms with Crippen LogP contribution < -0.4 is 10.5 Å². The van der Waals surface area contributed by atoms with Gasteiger partial charge in [0.05, 0.1) is 17.0 Å². The van der Waals surface area contributed by atoms with Crippen molar-refractivity contribution in [1.82, 2.24) is 4.72 Å². The van der Waals surface area contributed by atoms with E-state index >= 15 is 0 Å². The maximum atomic E-state index is 12.8. The first-order valence-corrected chi connectivity index (χ1v) is 8.80. The summed E-state index contributed by atoms with van der Waals surface area (Å²) in [6.45, 7) is 3.31. The molecule has 0 heterocycles. The van der Waals surface area contributed by atoms with Gasteiger partial charge in [0.15, 0.2) is 0 Å². The topological polar surface area (TPSA) is 92.4 Å². The molecule has 1 fully saturated rings. The number of benzene rings is 1. The zero-order chi connectivity index (χ0) is 15.7. The molecular formula is C15H24N2O3S. The highest BCUT2D eigenvalue weighted by atomic mass is 32.2. The van der Waals surface area contributed by atoms with Gasteiger partial charge in [-0.2, -0.15) is 0 Å². The average molecular weight is 312 g/mol. The molecule has 6 heteroatoms. The van der Waals surface area contributed by atoms with Gasteiger partial charge >= 0.3 is 0 Å². The van der Waals surface area contributed by atoms with Crippen molar-refractivity contribution in [3.63, 3.8) is 0 Å². The van der Waals surface area contributed by atoms with E-state index in [1.165, 1.54) is 0 Å². The molecule has 5 nitrogen and oxygen atoms in total. The SMILES string of the molecule is Cc1cc(N)cc(C)c1S(=O)(=O)NC1(CO)CCCCC1. The summed E-state index contributed by atoms with van der Waals surface area (Å²) in [5.41, 5.74) is 6.84. The van der Waals surface area contributed by atoms with E-state index in [0.29, 0.717) is 29.7 Å². The zero-order valence-electron chi connectivity index (χ0n) is 12.6. The van der Waals surface area contributed by atoms with Crippen LogP contribution in [0.3, 0.4) is 0 Å². The molecule has 4 N–H and O–H groups in total. The van der Waals surface area contributed by atoms with Crippen LogP contribution >= 0.6 is 0 Å². The van der Waals surface area contributed by atoms with E-state index in [1.807, 2.05) is 0 Å². The van der Waals surface area contributed by atoms with E-state index in [4.69, 9.17) is 5.73 Å². The first-order chi connectivity index (χ1) is 9.80. The number of sulfonamides is 1. The number of aryl methyl sites for hydroxylation is 2. The zero-order valence-corrected chi connectivity index (χ0v) is 13.5. The van der Waals surface area contributed by atoms with Gasteiger partial charge in [0.2, 0.25) is 10.0 Å². The molecule has 0 atom stereocenters. The van der Waals surface area contributed by atoms with E-state index in [2.05, 4.69) is 4.72 Å². The lowest BCUT2D eigenvalue weighted by molar-refractivity contribution is 0.142. The summed E-state index contributed by atoms with van der Waals surface area (Å²) in [6.07, 6.45) is 4.31. The molecule has 1 aromatic carbocycles. The van der Waals surface area contributed by atoms with Crippen molar-refractivity contribution in [2.75, 3.05) is 12.3 Å². The Morgan fingerprint density at radius 1 is 1.19 bits per heavy atom. The first kappa shape index (κ1) is 16.3. The lowest BCUT2D eigenvalue weighted by Gasteiger charge is -2.36. The molecule has 0 radical (unpaired) electrons. The Morgan fingerprint density at radius 3 is 2.19 bits per heavy atom. The molecular weight excluding hydrogens is 288 g/mol. The molecule has 21 heavy (non-hydrogen) atoms. The molecule has 2 rings (SSSR count). The van der Waals surface area contributed by atoms with Crippen molar-refractivity contribution in [2.24, 2.45) is 0 Å². The van der Waals surface area contributed by atoms with E-state index in [1.54, 1.807) is 26.0 Å². The summed E-state index contributed by atoms with van der Waals surface area (Å²) in [5, 5.41) is 9.69. The highest BCUT2D eigenvalue weighted by molar-refractivity contribution is 7.89. The fourth-order valence-corrected chi connectivity index (χ4v) is 5.17. The van der Waals surface area contributed by atoms with Crippen molar-refractivity contribution in [3.8, 4) is 0 Å². The minimum Gasteiger partial charge on any atom is -0.399 e. The summed E-state index contributed by atoms with van der Waals surface area (Å²) in [4.78, 5) is 0.273. The van der Waals surface area contributed by atoms with Crippen molar-refractivity contribution < 1.29 is 13.5 Å². The summed E-state index contributed by atoms with van der Waals surface area (Å²) in [7, 11) is -3.67. The third kappa shape index (κ3) is 3.39. The Bertz CT molecular complexity index is 597. The van der Waals surface area contributed by atoms with Gasteiger partial charge in [-0.1, -0.05) is 19.3 Å². The van der Waals surface area contributed by atoms with Crippen molar-refractivity contribution >= 4 is 15.7 Å². The van der Waals surface area contributed by atoms with E-state index in [-0.39, 0.29) is 11.5 Å². The molecule has 0 saturated heterocycles. The molecule has 1 aromatic rings. The molecule has 0 aromatic heterocycles. The monoisotopic (exact) mass is 312 g/mol. The van der Waals surface area contributed by atoms with Crippen LogP contribution in [0.1, 0.15) is 43.2 Å². The normalized spacial score (nSPS) is 18.6. The Balaban J connectivity index is 2.38. The van der Waals surface area contributed by atoms with Gasteiger partial charge in [-0.15, -0.1) is 0 Å². The van der Waals surface area contributed by atoms with Gasteiger partial charge in [-0.05, 0) is 49.9 Å². The minimum atomic E-state index is -3.67. The minimum absolute atomic E-state index is 0.167. The van der Waals surface area contributed by atoms with E-state index in [9.17, 15) is 13.5 Å². The van der Waals surface area contributed by atoms with Gasteiger partial charge in [0.1, 0.15) is 0 Å². The number of aliphatic hydroxyl groups excluding tert-OH is 1. The summed E-state index contributed by atoms with van der Waals surface area (Å²) in [5.74, 6) is 0. The highest BCUT2D eigenvalue weighted by Gasteiger charge is 2.36. The van der Waals surface area contributed by atoms with Crippen LogP contribution in [-0.4, -0.2) is 25.7 Å². The van der Waals surface area contributed by atoms with Crippen LogP contribution in [0.15, 0.2) is 17.0 Å². The van der Waals surface area contributed by atoms with Gasteiger partial charge in [-0.3, -0.25) is 0 Å². The Labute approximate surface area is 126 Å². The second-order valence-corrected chi connectivity index (χ2v) is 7.71. The van der Waals surface area contributed by atoms with E-state index < -0.39 is 15.6 Å². The first-order valence-electron chi connectivity index (χ1n) is 7.31. The van der Waals surface area contributed by atoms with Crippen molar-refractivity contribution in [2.45, 2.75) is 56.4 Å². The maximum Gasteiger partial charge on any atom is 0.241 e. The average Bonchev–Trinajstić information content (AvgIpc) is 2.37. The molecule has 0 spiro atoms. The highest BCUT2D eigenvalue weighted by Crippen LogP contribution is 2.31. The quantitative estimate of drug-likeness (QED) is 0.740. The lowest BCUT2D eigenvalue weighted by Crippen LogP contribution is -2.52. The third-order valence-corrected chi connectivity index (χ3v) is 6.10. The fraction of sp³-hybridized carbons (Fsp3) is 0.600. The van der Waals surface area contributed by atoms with Crippen LogP contribution in [0.25, 0.3) is 0 Å². The van der Waals surface area contributed by atoms with Crippen LogP contribution in [0.4, 0.5) is 5.69 Å². The van der Waals surface area contributed by atoms with Crippen molar-refractivity contribution in [1.29, 1.82) is 0 Å². The van der Waals surface area contributed by atoms with Crippen molar-refractivity contribution in [3.05, 3.63) is 23.3 Å². The summed E-state index contributed by atoms with van der Waals surface area (Å²) < 4.78 is 28.3. The van der Waals surface area contributed by atoms with Gasteiger partial charge in [-0.25, -0.2) is 13.1 Å². The standard InChI is InChI=1S/C15H24N2O3S/c1-11-8-13(16)9-12(2)14(11)21(19,20)17-15(10-18)6-4-3-5-7-15/h8-9,17-18H,3-7,10,16H2,1-2H3. The second-order valence-electron chi connectivity index (χ2n) is 6.09. The van der Waals surface area contributed by atoms with Crippen LogP contribution in [0.2, 0.25) is 0 Å². The number of hydrogen-bond acceptors (Lipinski definition) is 4. The molecule has 0 bridgehead atoms. The van der Waals surface area contributed by atoms with Crippen LogP contribution in [0.5, 0.6) is 0 Å². The molecule has 1 aliphatic rings. The Kier molecular flexibility index (Phi) is 4.60. The van der Waals surface area contributed by atoms with Gasteiger partial charge < -0.3 is 10.8 Å².